The van der Waals surface area contributed by atoms with Gasteiger partial charge in [0.25, 0.3) is 0 Å². The Morgan fingerprint density at radius 2 is 2.46 bits per heavy atom. The quantitative estimate of drug-likeness (QED) is 0.695. The zero-order chi connectivity index (χ0) is 9.90. The van der Waals surface area contributed by atoms with Crippen molar-refractivity contribution in [2.24, 2.45) is 0 Å². The Bertz CT molecular complexity index is 198. The van der Waals surface area contributed by atoms with Crippen molar-refractivity contribution in [3.63, 3.8) is 0 Å². The number of thioether (sulfide) groups is 1. The van der Waals surface area contributed by atoms with E-state index < -0.39 is 5.54 Å². The molecule has 3 nitrogen and oxygen atoms in total. The lowest BCUT2D eigenvalue weighted by Crippen LogP contribution is -2.51. The van der Waals surface area contributed by atoms with Gasteiger partial charge >= 0.3 is 5.97 Å². The average Bonchev–Trinajstić information content (AvgIpc) is 2.49. The van der Waals surface area contributed by atoms with Gasteiger partial charge in [-0.1, -0.05) is 6.92 Å². The van der Waals surface area contributed by atoms with Crippen LogP contribution < -0.4 is 5.32 Å². The lowest BCUT2D eigenvalue weighted by molar-refractivity contribution is -0.150. The third kappa shape index (κ3) is 2.17. The van der Waals surface area contributed by atoms with E-state index in [0.717, 1.165) is 12.2 Å². The Kier molecular flexibility index (Phi) is 3.62. The van der Waals surface area contributed by atoms with E-state index in [1.165, 1.54) is 0 Å². The van der Waals surface area contributed by atoms with Crippen LogP contribution in [0.3, 0.4) is 0 Å². The van der Waals surface area contributed by atoms with Crippen LogP contribution in [0, 0.1) is 0 Å². The number of likely N-dealkylation sites (N-methyl/N-ethyl adjacent to an activating group) is 1. The Balaban J connectivity index is 2.64. The van der Waals surface area contributed by atoms with Crippen molar-refractivity contribution in [3.05, 3.63) is 0 Å². The number of nitrogens with one attached hydrogen (secondary N) is 1. The fourth-order valence-electron chi connectivity index (χ4n) is 1.58. The van der Waals surface area contributed by atoms with E-state index in [2.05, 4.69) is 12.2 Å². The van der Waals surface area contributed by atoms with Crippen LogP contribution in [-0.2, 0) is 9.53 Å². The fourth-order valence-corrected chi connectivity index (χ4v) is 2.93. The van der Waals surface area contributed by atoms with Crippen molar-refractivity contribution in [2.45, 2.75) is 31.1 Å². The first-order chi connectivity index (χ1) is 6.14. The van der Waals surface area contributed by atoms with Crippen LogP contribution in [0.5, 0.6) is 0 Å². The molecule has 1 heterocycles. The van der Waals surface area contributed by atoms with E-state index in [1.807, 2.05) is 25.7 Å². The van der Waals surface area contributed by atoms with Gasteiger partial charge in [-0.25, -0.2) is 0 Å². The number of hydrogen-bond donors (Lipinski definition) is 1. The molecule has 0 saturated carbocycles. The largest absolute Gasteiger partial charge is 0.465 e. The van der Waals surface area contributed by atoms with Gasteiger partial charge < -0.3 is 10.1 Å². The summed E-state index contributed by atoms with van der Waals surface area (Å²) in [6.07, 6.45) is 0.868. The zero-order valence-electron chi connectivity index (χ0n) is 8.42. The van der Waals surface area contributed by atoms with Crippen LogP contribution >= 0.6 is 11.8 Å². The highest BCUT2D eigenvalue weighted by atomic mass is 32.2. The van der Waals surface area contributed by atoms with Crippen LogP contribution in [-0.4, -0.2) is 36.2 Å². The standard InChI is InChI=1S/C9H17NO2S/c1-4-12-8(11)9(10-3)5-7(2)13-6-9/h7,10H,4-6H2,1-3H3. The molecule has 0 bridgehead atoms. The Hall–Kier alpha value is -0.220. The summed E-state index contributed by atoms with van der Waals surface area (Å²) >= 11 is 1.82. The number of carbonyl (C=O) groups is 1. The van der Waals surface area contributed by atoms with E-state index in [0.29, 0.717) is 11.9 Å². The molecule has 0 amide bonds. The first kappa shape index (κ1) is 10.9. The van der Waals surface area contributed by atoms with Crippen molar-refractivity contribution >= 4 is 17.7 Å². The summed E-state index contributed by atoms with van der Waals surface area (Å²) in [4.78, 5) is 11.6. The second-order valence-electron chi connectivity index (χ2n) is 3.38. The monoisotopic (exact) mass is 203 g/mol. The normalized spacial score (nSPS) is 33.3. The van der Waals surface area contributed by atoms with Crippen LogP contribution in [0.25, 0.3) is 0 Å². The maximum Gasteiger partial charge on any atom is 0.327 e. The predicted molar refractivity (Wildman–Crippen MR) is 55.0 cm³/mol. The summed E-state index contributed by atoms with van der Waals surface area (Å²) in [5.74, 6) is 0.720. The summed E-state index contributed by atoms with van der Waals surface area (Å²) in [6.45, 7) is 4.44. The Labute approximate surface area is 83.6 Å². The lowest BCUT2D eigenvalue weighted by atomic mass is 9.97. The van der Waals surface area contributed by atoms with Crippen molar-refractivity contribution < 1.29 is 9.53 Å². The van der Waals surface area contributed by atoms with E-state index in [4.69, 9.17) is 4.74 Å². The lowest BCUT2D eigenvalue weighted by Gasteiger charge is -2.25. The number of hydrogen-bond acceptors (Lipinski definition) is 4. The molecule has 13 heavy (non-hydrogen) atoms. The van der Waals surface area contributed by atoms with Gasteiger partial charge in [0.05, 0.1) is 6.61 Å². The molecule has 0 radical (unpaired) electrons. The summed E-state index contributed by atoms with van der Waals surface area (Å²) in [5, 5.41) is 3.64. The third-order valence-electron chi connectivity index (χ3n) is 2.39. The molecule has 0 aliphatic carbocycles. The van der Waals surface area contributed by atoms with Crippen molar-refractivity contribution in [2.75, 3.05) is 19.4 Å². The molecule has 76 valence electrons. The zero-order valence-corrected chi connectivity index (χ0v) is 9.24. The van der Waals surface area contributed by atoms with Gasteiger partial charge in [-0.2, -0.15) is 11.8 Å². The van der Waals surface area contributed by atoms with E-state index in [1.54, 1.807) is 0 Å². The first-order valence-corrected chi connectivity index (χ1v) is 5.67. The van der Waals surface area contributed by atoms with Crippen LogP contribution in [0.4, 0.5) is 0 Å². The molecular weight excluding hydrogens is 186 g/mol. The molecule has 0 aromatic heterocycles. The average molecular weight is 203 g/mol. The van der Waals surface area contributed by atoms with E-state index >= 15 is 0 Å². The minimum atomic E-state index is -0.430. The van der Waals surface area contributed by atoms with E-state index in [-0.39, 0.29) is 5.97 Å². The number of carbonyl (C=O) groups excluding carboxylic acids is 1. The van der Waals surface area contributed by atoms with Crippen molar-refractivity contribution in [3.8, 4) is 0 Å². The number of esters is 1. The van der Waals surface area contributed by atoms with Crippen molar-refractivity contribution in [1.82, 2.24) is 5.32 Å². The van der Waals surface area contributed by atoms with Gasteiger partial charge in [0, 0.05) is 11.0 Å². The molecule has 0 aromatic rings. The molecule has 2 unspecified atom stereocenters. The maximum absolute atomic E-state index is 11.6. The predicted octanol–water partition coefficient (Wildman–Crippen LogP) is 1.03. The van der Waals surface area contributed by atoms with E-state index in [9.17, 15) is 4.79 Å². The third-order valence-corrected chi connectivity index (χ3v) is 3.79. The molecule has 1 N–H and O–H groups in total. The minimum Gasteiger partial charge on any atom is -0.465 e. The molecule has 1 rings (SSSR count). The van der Waals surface area contributed by atoms with Crippen LogP contribution in [0.15, 0.2) is 0 Å². The molecule has 2 atom stereocenters. The van der Waals surface area contributed by atoms with Gasteiger partial charge in [-0.05, 0) is 20.4 Å². The molecule has 0 aromatic carbocycles. The van der Waals surface area contributed by atoms with Crippen molar-refractivity contribution in [1.29, 1.82) is 0 Å². The van der Waals surface area contributed by atoms with Gasteiger partial charge in [0.2, 0.25) is 0 Å². The molecular formula is C9H17NO2S. The second-order valence-corrected chi connectivity index (χ2v) is 4.81. The number of rotatable bonds is 3. The highest BCUT2D eigenvalue weighted by molar-refractivity contribution is 8.00. The minimum absolute atomic E-state index is 0.102. The fraction of sp³-hybridized carbons (Fsp3) is 0.889. The topological polar surface area (TPSA) is 38.3 Å². The summed E-state index contributed by atoms with van der Waals surface area (Å²) in [7, 11) is 1.83. The summed E-state index contributed by atoms with van der Waals surface area (Å²) in [6, 6.07) is 0. The molecule has 1 aliphatic rings. The highest BCUT2D eigenvalue weighted by Crippen LogP contribution is 2.34. The van der Waals surface area contributed by atoms with Crippen LogP contribution in [0.2, 0.25) is 0 Å². The number of ether oxygens (including phenoxy) is 1. The molecule has 1 saturated heterocycles. The SMILES string of the molecule is CCOC(=O)C1(NC)CSC(C)C1. The van der Waals surface area contributed by atoms with Gasteiger partial charge in [0.1, 0.15) is 5.54 Å². The first-order valence-electron chi connectivity index (χ1n) is 4.62. The molecule has 4 heteroatoms. The molecule has 0 spiro atoms. The second kappa shape index (κ2) is 4.33. The molecule has 1 aliphatic heterocycles. The van der Waals surface area contributed by atoms with Gasteiger partial charge in [0.15, 0.2) is 0 Å². The van der Waals surface area contributed by atoms with Gasteiger partial charge in [-0.3, -0.25) is 4.79 Å². The molecule has 1 fully saturated rings. The highest BCUT2D eigenvalue weighted by Gasteiger charge is 2.44. The smallest absolute Gasteiger partial charge is 0.327 e. The summed E-state index contributed by atoms with van der Waals surface area (Å²) < 4.78 is 5.05. The van der Waals surface area contributed by atoms with Gasteiger partial charge in [-0.15, -0.1) is 0 Å². The Morgan fingerprint density at radius 1 is 1.77 bits per heavy atom. The van der Waals surface area contributed by atoms with Crippen LogP contribution in [0.1, 0.15) is 20.3 Å². The maximum atomic E-state index is 11.6. The Morgan fingerprint density at radius 3 is 2.85 bits per heavy atom. The summed E-state index contributed by atoms with van der Waals surface area (Å²) in [5.41, 5.74) is -0.430.